The second kappa shape index (κ2) is 7.65. The van der Waals surface area contributed by atoms with Crippen LogP contribution < -0.4 is 5.32 Å². The van der Waals surface area contributed by atoms with Gasteiger partial charge >= 0.3 is 0 Å². The molecule has 7 heteroatoms. The number of rotatable bonds is 6. The van der Waals surface area contributed by atoms with Crippen LogP contribution >= 0.6 is 0 Å². The Kier molecular flexibility index (Phi) is 4.74. The molecule has 0 atom stereocenters. The van der Waals surface area contributed by atoms with Gasteiger partial charge in [0.2, 0.25) is 17.7 Å². The van der Waals surface area contributed by atoms with E-state index >= 15 is 0 Å². The number of carbonyl (C=O) groups is 1. The molecular weight excluding hydrogens is 344 g/mol. The third kappa shape index (κ3) is 4.09. The molecule has 0 aliphatic heterocycles. The van der Waals surface area contributed by atoms with Crippen LogP contribution in [0, 0.1) is 0 Å². The Balaban J connectivity index is 1.33. The number of hydrogen-bond acceptors (Lipinski definition) is 6. The van der Waals surface area contributed by atoms with E-state index in [1.54, 1.807) is 6.07 Å². The lowest BCUT2D eigenvalue weighted by Gasteiger charge is -1.99. The van der Waals surface area contributed by atoms with Gasteiger partial charge in [0, 0.05) is 17.2 Å². The molecule has 2 heterocycles. The van der Waals surface area contributed by atoms with E-state index in [-0.39, 0.29) is 18.9 Å². The van der Waals surface area contributed by atoms with Crippen molar-refractivity contribution in [3.63, 3.8) is 0 Å². The summed E-state index contributed by atoms with van der Waals surface area (Å²) in [4.78, 5) is 12.1. The van der Waals surface area contributed by atoms with Crippen molar-refractivity contribution in [3.05, 3.63) is 78.3 Å². The van der Waals surface area contributed by atoms with E-state index in [1.807, 2.05) is 60.7 Å². The summed E-state index contributed by atoms with van der Waals surface area (Å²) in [5, 5.41) is 14.6. The van der Waals surface area contributed by atoms with Gasteiger partial charge in [0.1, 0.15) is 0 Å². The number of nitrogens with one attached hydrogen (secondary N) is 1. The summed E-state index contributed by atoms with van der Waals surface area (Å²) in [7, 11) is 0. The van der Waals surface area contributed by atoms with Gasteiger partial charge in [-0.1, -0.05) is 53.7 Å². The maximum Gasteiger partial charge on any atom is 0.247 e. The molecule has 1 N–H and O–H groups in total. The first-order valence-corrected chi connectivity index (χ1v) is 8.43. The van der Waals surface area contributed by atoms with Crippen LogP contribution in [-0.2, 0) is 17.8 Å². The van der Waals surface area contributed by atoms with Gasteiger partial charge in [-0.15, -0.1) is 10.2 Å². The summed E-state index contributed by atoms with van der Waals surface area (Å²) >= 11 is 0. The van der Waals surface area contributed by atoms with Gasteiger partial charge in [-0.05, 0) is 12.1 Å². The van der Waals surface area contributed by atoms with E-state index in [1.165, 1.54) is 0 Å². The Labute approximate surface area is 155 Å². The zero-order chi connectivity index (χ0) is 18.5. The topological polar surface area (TPSA) is 94.1 Å². The first-order chi connectivity index (χ1) is 13.3. The highest BCUT2D eigenvalue weighted by Crippen LogP contribution is 2.20. The molecule has 134 valence electrons. The Hall–Kier alpha value is -3.74. The van der Waals surface area contributed by atoms with Crippen LogP contribution in [-0.4, -0.2) is 21.3 Å². The van der Waals surface area contributed by atoms with Crippen molar-refractivity contribution in [2.75, 3.05) is 0 Å². The van der Waals surface area contributed by atoms with Crippen molar-refractivity contribution < 1.29 is 13.7 Å². The van der Waals surface area contributed by atoms with Crippen molar-refractivity contribution >= 4 is 5.91 Å². The normalized spacial score (nSPS) is 10.7. The molecule has 0 fully saturated rings. The van der Waals surface area contributed by atoms with Crippen LogP contribution in [0.4, 0.5) is 0 Å². The van der Waals surface area contributed by atoms with Gasteiger partial charge in [0.05, 0.1) is 18.7 Å². The van der Waals surface area contributed by atoms with Crippen LogP contribution in [0.1, 0.15) is 11.6 Å². The molecular formula is C20H16N4O3. The third-order valence-electron chi connectivity index (χ3n) is 3.88. The highest BCUT2D eigenvalue weighted by molar-refractivity contribution is 5.78. The van der Waals surface area contributed by atoms with Gasteiger partial charge in [-0.3, -0.25) is 4.79 Å². The minimum Gasteiger partial charge on any atom is -0.419 e. The lowest BCUT2D eigenvalue weighted by atomic mass is 10.1. The molecule has 0 saturated heterocycles. The Morgan fingerprint density at radius 1 is 0.926 bits per heavy atom. The van der Waals surface area contributed by atoms with E-state index in [0.29, 0.717) is 23.2 Å². The Bertz CT molecular complexity index is 1030. The fraction of sp³-hybridized carbons (Fsp3) is 0.100. The van der Waals surface area contributed by atoms with E-state index in [0.717, 1.165) is 11.1 Å². The third-order valence-corrected chi connectivity index (χ3v) is 3.88. The summed E-state index contributed by atoms with van der Waals surface area (Å²) in [6.45, 7) is 0.155. The van der Waals surface area contributed by atoms with E-state index < -0.39 is 0 Å². The van der Waals surface area contributed by atoms with Crippen molar-refractivity contribution in [3.8, 4) is 22.8 Å². The second-order valence-corrected chi connectivity index (χ2v) is 5.87. The average Bonchev–Trinajstić information content (AvgIpc) is 3.37. The summed E-state index contributed by atoms with van der Waals surface area (Å²) < 4.78 is 10.9. The van der Waals surface area contributed by atoms with Gasteiger partial charge in [-0.25, -0.2) is 0 Å². The molecule has 0 aliphatic carbocycles. The molecule has 0 unspecified atom stereocenters. The lowest BCUT2D eigenvalue weighted by molar-refractivity contribution is -0.120. The van der Waals surface area contributed by atoms with Gasteiger partial charge in [-0.2, -0.15) is 0 Å². The second-order valence-electron chi connectivity index (χ2n) is 5.87. The number of benzene rings is 2. The molecule has 2 aromatic heterocycles. The van der Waals surface area contributed by atoms with Crippen LogP contribution in [0.25, 0.3) is 22.8 Å². The lowest BCUT2D eigenvalue weighted by Crippen LogP contribution is -2.24. The first-order valence-electron chi connectivity index (χ1n) is 8.43. The van der Waals surface area contributed by atoms with Crippen molar-refractivity contribution in [1.82, 2.24) is 20.7 Å². The number of nitrogens with zero attached hydrogens (tertiary/aromatic N) is 3. The SMILES string of the molecule is O=C(Cc1cc(-c2ccccc2)on1)NCc1nnc(-c2ccccc2)o1. The van der Waals surface area contributed by atoms with Crippen molar-refractivity contribution in [2.24, 2.45) is 0 Å². The van der Waals surface area contributed by atoms with E-state index in [4.69, 9.17) is 8.94 Å². The summed E-state index contributed by atoms with van der Waals surface area (Å²) in [5.41, 5.74) is 2.30. The largest absolute Gasteiger partial charge is 0.419 e. The summed E-state index contributed by atoms with van der Waals surface area (Å²) in [5.74, 6) is 1.18. The van der Waals surface area contributed by atoms with E-state index in [2.05, 4.69) is 20.7 Å². The monoisotopic (exact) mass is 360 g/mol. The maximum absolute atomic E-state index is 12.1. The molecule has 7 nitrogen and oxygen atoms in total. The number of carbonyl (C=O) groups excluding carboxylic acids is 1. The van der Waals surface area contributed by atoms with E-state index in [9.17, 15) is 4.79 Å². The standard InChI is InChI=1S/C20H16N4O3/c25-18(12-16-11-17(27-24-16)14-7-3-1-4-8-14)21-13-19-22-23-20(26-19)15-9-5-2-6-10-15/h1-11H,12-13H2,(H,21,25). The quantitative estimate of drug-likeness (QED) is 0.567. The zero-order valence-electron chi connectivity index (χ0n) is 14.3. The first kappa shape index (κ1) is 16.7. The molecule has 0 spiro atoms. The molecule has 2 aromatic carbocycles. The molecule has 0 bridgehead atoms. The molecule has 0 radical (unpaired) electrons. The zero-order valence-corrected chi connectivity index (χ0v) is 14.3. The summed E-state index contributed by atoms with van der Waals surface area (Å²) in [6.07, 6.45) is 0.107. The van der Waals surface area contributed by atoms with Crippen LogP contribution in [0.3, 0.4) is 0 Å². The van der Waals surface area contributed by atoms with Gasteiger partial charge < -0.3 is 14.3 Å². The van der Waals surface area contributed by atoms with Gasteiger partial charge in [0.15, 0.2) is 5.76 Å². The van der Waals surface area contributed by atoms with Crippen molar-refractivity contribution in [1.29, 1.82) is 0 Å². The highest BCUT2D eigenvalue weighted by Gasteiger charge is 2.12. The molecule has 27 heavy (non-hydrogen) atoms. The number of amides is 1. The highest BCUT2D eigenvalue weighted by atomic mass is 16.5. The Morgan fingerprint density at radius 2 is 1.63 bits per heavy atom. The molecule has 0 aliphatic rings. The maximum atomic E-state index is 12.1. The van der Waals surface area contributed by atoms with Gasteiger partial charge in [0.25, 0.3) is 0 Å². The minimum atomic E-state index is -0.206. The molecule has 4 aromatic rings. The fourth-order valence-corrected chi connectivity index (χ4v) is 2.56. The average molecular weight is 360 g/mol. The number of aromatic nitrogens is 3. The molecule has 4 rings (SSSR count). The minimum absolute atomic E-state index is 0.107. The molecule has 1 amide bonds. The predicted molar refractivity (Wildman–Crippen MR) is 97.2 cm³/mol. The van der Waals surface area contributed by atoms with Crippen LogP contribution in [0.15, 0.2) is 75.7 Å². The smallest absolute Gasteiger partial charge is 0.247 e. The van der Waals surface area contributed by atoms with Crippen LogP contribution in [0.2, 0.25) is 0 Å². The van der Waals surface area contributed by atoms with Crippen molar-refractivity contribution in [2.45, 2.75) is 13.0 Å². The van der Waals surface area contributed by atoms with Crippen LogP contribution in [0.5, 0.6) is 0 Å². The Morgan fingerprint density at radius 3 is 2.37 bits per heavy atom. The number of hydrogen-bond donors (Lipinski definition) is 1. The summed E-state index contributed by atoms with van der Waals surface area (Å²) in [6, 6.07) is 20.8. The molecule has 0 saturated carbocycles. The predicted octanol–water partition coefficient (Wildman–Crippen LogP) is 3.25. The fourth-order valence-electron chi connectivity index (χ4n) is 2.56.